The van der Waals surface area contributed by atoms with Gasteiger partial charge < -0.3 is 10.6 Å². The molecule has 0 bridgehead atoms. The van der Waals surface area contributed by atoms with E-state index >= 15 is 0 Å². The van der Waals surface area contributed by atoms with Crippen molar-refractivity contribution in [1.29, 1.82) is 0 Å². The summed E-state index contributed by atoms with van der Waals surface area (Å²) in [4.78, 5) is 1.98. The van der Waals surface area contributed by atoms with E-state index in [2.05, 4.69) is 13.8 Å². The van der Waals surface area contributed by atoms with Crippen molar-refractivity contribution in [3.05, 3.63) is 23.8 Å². The largest absolute Gasteiger partial charge is 0.395 e. The predicted molar refractivity (Wildman–Crippen MR) is 72.8 cm³/mol. The molecule has 1 aromatic rings. The van der Waals surface area contributed by atoms with Gasteiger partial charge in [-0.2, -0.15) is 0 Å². The minimum Gasteiger partial charge on any atom is -0.395 e. The number of hydrogen-bond donors (Lipinski definition) is 1. The number of rotatable bonds is 7. The first-order valence-corrected chi connectivity index (χ1v) is 6.59. The first-order valence-electron chi connectivity index (χ1n) is 6.59. The van der Waals surface area contributed by atoms with E-state index < -0.39 is 11.6 Å². The summed E-state index contributed by atoms with van der Waals surface area (Å²) in [6, 6.07) is 2.15. The summed E-state index contributed by atoms with van der Waals surface area (Å²) in [7, 11) is 0. The lowest BCUT2D eigenvalue weighted by atomic mass is 10.2. The fourth-order valence-electron chi connectivity index (χ4n) is 1.88. The molecule has 2 N–H and O–H groups in total. The Hall–Kier alpha value is -1.32. The SMILES string of the molecule is CCCCN(CCCC)c1cc(F)cc(F)c1N. The van der Waals surface area contributed by atoms with E-state index in [0.29, 0.717) is 5.69 Å². The van der Waals surface area contributed by atoms with Gasteiger partial charge in [0.2, 0.25) is 0 Å². The number of nitrogen functional groups attached to an aromatic ring is 1. The number of unbranched alkanes of at least 4 members (excludes halogenated alkanes) is 2. The summed E-state index contributed by atoms with van der Waals surface area (Å²) in [6.07, 6.45) is 4.06. The van der Waals surface area contributed by atoms with Gasteiger partial charge in [0.05, 0.1) is 11.4 Å². The van der Waals surface area contributed by atoms with Crippen molar-refractivity contribution in [3.8, 4) is 0 Å². The van der Waals surface area contributed by atoms with E-state index in [1.54, 1.807) is 0 Å². The van der Waals surface area contributed by atoms with Crippen LogP contribution in [0.4, 0.5) is 20.2 Å². The van der Waals surface area contributed by atoms with Gasteiger partial charge in [0.25, 0.3) is 0 Å². The molecular formula is C14H22F2N2. The number of benzene rings is 1. The van der Waals surface area contributed by atoms with Crippen LogP contribution in [0.5, 0.6) is 0 Å². The zero-order valence-electron chi connectivity index (χ0n) is 11.2. The Morgan fingerprint density at radius 3 is 2.11 bits per heavy atom. The van der Waals surface area contributed by atoms with Crippen LogP contribution in [0.2, 0.25) is 0 Å². The number of hydrogen-bond acceptors (Lipinski definition) is 2. The second-order valence-electron chi connectivity index (χ2n) is 4.51. The molecule has 0 radical (unpaired) electrons. The zero-order chi connectivity index (χ0) is 13.5. The van der Waals surface area contributed by atoms with Gasteiger partial charge in [-0.05, 0) is 18.9 Å². The quantitative estimate of drug-likeness (QED) is 0.748. The van der Waals surface area contributed by atoms with Crippen molar-refractivity contribution >= 4 is 11.4 Å². The Morgan fingerprint density at radius 2 is 1.61 bits per heavy atom. The third kappa shape index (κ3) is 3.86. The Kier molecular flexibility index (Phi) is 5.89. The molecule has 1 rings (SSSR count). The molecule has 18 heavy (non-hydrogen) atoms. The molecule has 0 fully saturated rings. The maximum Gasteiger partial charge on any atom is 0.151 e. The number of nitrogens with zero attached hydrogens (tertiary/aromatic N) is 1. The second kappa shape index (κ2) is 7.19. The van der Waals surface area contributed by atoms with Crippen molar-refractivity contribution in [3.63, 3.8) is 0 Å². The Balaban J connectivity index is 2.95. The molecule has 0 heterocycles. The van der Waals surface area contributed by atoms with Crippen LogP contribution in [0.1, 0.15) is 39.5 Å². The van der Waals surface area contributed by atoms with Gasteiger partial charge in [0.15, 0.2) is 5.82 Å². The first kappa shape index (κ1) is 14.7. The predicted octanol–water partition coefficient (Wildman–Crippen LogP) is 3.95. The van der Waals surface area contributed by atoms with Crippen LogP contribution in [0.3, 0.4) is 0 Å². The Labute approximate surface area is 108 Å². The second-order valence-corrected chi connectivity index (χ2v) is 4.51. The van der Waals surface area contributed by atoms with Gasteiger partial charge in [0.1, 0.15) is 5.82 Å². The van der Waals surface area contributed by atoms with Crippen LogP contribution >= 0.6 is 0 Å². The molecule has 102 valence electrons. The summed E-state index contributed by atoms with van der Waals surface area (Å²) in [5.74, 6) is -1.25. The van der Waals surface area contributed by atoms with Gasteiger partial charge >= 0.3 is 0 Å². The van der Waals surface area contributed by atoms with Crippen molar-refractivity contribution in [2.24, 2.45) is 0 Å². The lowest BCUT2D eigenvalue weighted by molar-refractivity contribution is 0.583. The van der Waals surface area contributed by atoms with Crippen molar-refractivity contribution in [2.45, 2.75) is 39.5 Å². The molecular weight excluding hydrogens is 234 g/mol. The summed E-state index contributed by atoms with van der Waals surface area (Å²) < 4.78 is 26.7. The average molecular weight is 256 g/mol. The van der Waals surface area contributed by atoms with Gasteiger partial charge in [-0.1, -0.05) is 26.7 Å². The van der Waals surface area contributed by atoms with Crippen LogP contribution in [-0.4, -0.2) is 13.1 Å². The smallest absolute Gasteiger partial charge is 0.151 e. The third-order valence-electron chi connectivity index (χ3n) is 2.98. The van der Waals surface area contributed by atoms with E-state index in [0.717, 1.165) is 44.8 Å². The molecule has 4 heteroatoms. The zero-order valence-corrected chi connectivity index (χ0v) is 11.2. The molecule has 1 aromatic carbocycles. The monoisotopic (exact) mass is 256 g/mol. The summed E-state index contributed by atoms with van der Waals surface area (Å²) >= 11 is 0. The molecule has 0 aromatic heterocycles. The standard InChI is InChI=1S/C14H22F2N2/c1-3-5-7-18(8-6-4-2)13-10-11(15)9-12(16)14(13)17/h9-10H,3-8,17H2,1-2H3. The summed E-state index contributed by atoms with van der Waals surface area (Å²) in [5, 5.41) is 0. The fourth-order valence-corrected chi connectivity index (χ4v) is 1.88. The number of halogens is 2. The molecule has 0 amide bonds. The van der Waals surface area contributed by atoms with E-state index in [9.17, 15) is 8.78 Å². The topological polar surface area (TPSA) is 29.3 Å². The van der Waals surface area contributed by atoms with Gasteiger partial charge in [-0.25, -0.2) is 8.78 Å². The lowest BCUT2D eigenvalue weighted by Gasteiger charge is -2.26. The molecule has 2 nitrogen and oxygen atoms in total. The summed E-state index contributed by atoms with van der Waals surface area (Å²) in [5.41, 5.74) is 6.24. The van der Waals surface area contributed by atoms with E-state index in [1.165, 1.54) is 6.07 Å². The van der Waals surface area contributed by atoms with E-state index in [-0.39, 0.29) is 5.69 Å². The highest BCUT2D eigenvalue weighted by Gasteiger charge is 2.14. The van der Waals surface area contributed by atoms with Gasteiger partial charge in [-0.3, -0.25) is 0 Å². The van der Waals surface area contributed by atoms with Crippen molar-refractivity contribution < 1.29 is 8.78 Å². The normalized spacial score (nSPS) is 10.7. The van der Waals surface area contributed by atoms with Gasteiger partial charge in [0, 0.05) is 19.2 Å². The first-order chi connectivity index (χ1) is 8.60. The maximum atomic E-state index is 13.5. The summed E-state index contributed by atoms with van der Waals surface area (Å²) in [6.45, 7) is 5.74. The number of nitrogens with two attached hydrogens (primary N) is 1. The average Bonchev–Trinajstić information content (AvgIpc) is 2.34. The Bertz CT molecular complexity index is 372. The molecule has 0 aliphatic rings. The molecule has 0 atom stereocenters. The van der Waals surface area contributed by atoms with Gasteiger partial charge in [-0.15, -0.1) is 0 Å². The number of anilines is 2. The van der Waals surface area contributed by atoms with E-state index in [4.69, 9.17) is 5.73 Å². The van der Waals surface area contributed by atoms with Crippen LogP contribution in [0, 0.1) is 11.6 Å². The van der Waals surface area contributed by atoms with Crippen LogP contribution in [0.25, 0.3) is 0 Å². The van der Waals surface area contributed by atoms with E-state index in [1.807, 2.05) is 4.90 Å². The Morgan fingerprint density at radius 1 is 1.06 bits per heavy atom. The van der Waals surface area contributed by atoms with Crippen molar-refractivity contribution in [1.82, 2.24) is 0 Å². The van der Waals surface area contributed by atoms with Crippen molar-refractivity contribution in [2.75, 3.05) is 23.7 Å². The van der Waals surface area contributed by atoms with Crippen LogP contribution in [0.15, 0.2) is 12.1 Å². The fraction of sp³-hybridized carbons (Fsp3) is 0.571. The third-order valence-corrected chi connectivity index (χ3v) is 2.98. The van der Waals surface area contributed by atoms with Crippen LogP contribution in [-0.2, 0) is 0 Å². The lowest BCUT2D eigenvalue weighted by Crippen LogP contribution is -2.27. The minimum atomic E-state index is -0.678. The molecule has 0 saturated heterocycles. The molecule has 0 aliphatic carbocycles. The minimum absolute atomic E-state index is 0.0450. The highest BCUT2D eigenvalue weighted by molar-refractivity contribution is 5.68. The molecule has 0 unspecified atom stereocenters. The highest BCUT2D eigenvalue weighted by Crippen LogP contribution is 2.28. The van der Waals surface area contributed by atoms with Crippen LogP contribution < -0.4 is 10.6 Å². The highest BCUT2D eigenvalue weighted by atomic mass is 19.1. The maximum absolute atomic E-state index is 13.5. The molecule has 0 saturated carbocycles. The molecule has 0 spiro atoms. The molecule has 0 aliphatic heterocycles.